The number of H-pyrrole nitrogens is 1. The van der Waals surface area contributed by atoms with Crippen LogP contribution in [-0.2, 0) is 6.42 Å². The number of aliphatic hydroxyl groups is 1. The molecule has 0 aliphatic carbocycles. The summed E-state index contributed by atoms with van der Waals surface area (Å²) in [5.74, 6) is -2.26. The number of ether oxygens (including phenoxy) is 1. The van der Waals surface area contributed by atoms with Gasteiger partial charge in [-0.05, 0) is 100 Å². The summed E-state index contributed by atoms with van der Waals surface area (Å²) in [6.07, 6.45) is -0.00260. The zero-order chi connectivity index (χ0) is 35.0. The van der Waals surface area contributed by atoms with Crippen LogP contribution in [0.1, 0.15) is 63.1 Å². The number of fused-ring (bicyclic) bond motifs is 1. The van der Waals surface area contributed by atoms with E-state index in [0.29, 0.717) is 61.7 Å². The lowest BCUT2D eigenvalue weighted by atomic mass is 10.0. The third-order valence-electron chi connectivity index (χ3n) is 7.93. The number of nitrogens with two attached hydrogens (primary N) is 2. The maximum absolute atomic E-state index is 15.4. The van der Waals surface area contributed by atoms with E-state index in [4.69, 9.17) is 22.0 Å². The number of hydrogen-bond donors (Lipinski definition) is 7. The molecule has 0 unspecified atom stereocenters. The van der Waals surface area contributed by atoms with E-state index in [9.17, 15) is 18.0 Å². The number of nitrogens with one attached hydrogen (secondary N) is 4. The molecule has 11 nitrogen and oxygen atoms in total. The molecule has 2 aromatic heterocycles. The largest absolute Gasteiger partial charge is 0.573 e. The van der Waals surface area contributed by atoms with Crippen molar-refractivity contribution in [1.82, 2.24) is 25.2 Å². The minimum Gasteiger partial charge on any atom is -0.403 e. The van der Waals surface area contributed by atoms with Crippen LogP contribution < -0.4 is 32.5 Å². The molecule has 4 aromatic rings. The lowest BCUT2D eigenvalue weighted by molar-refractivity contribution is -0.275. The van der Waals surface area contributed by atoms with Crippen LogP contribution in [0, 0.1) is 11.2 Å². The molecule has 2 aromatic carbocycles. The topological polar surface area (TPSA) is 180 Å². The Labute approximate surface area is 275 Å². The van der Waals surface area contributed by atoms with Crippen LogP contribution in [0.2, 0.25) is 0 Å². The van der Waals surface area contributed by atoms with Crippen LogP contribution in [0.3, 0.4) is 0 Å². The summed E-state index contributed by atoms with van der Waals surface area (Å²) in [5, 5.41) is 23.4. The van der Waals surface area contributed by atoms with Gasteiger partial charge in [0.25, 0.3) is 0 Å². The summed E-state index contributed by atoms with van der Waals surface area (Å²) in [6, 6.07) is 11.1. The molecule has 4 rings (SSSR count). The number of nitrogens with zero attached hydrogens (tertiary/aromatic N) is 2. The van der Waals surface area contributed by atoms with Gasteiger partial charge in [-0.1, -0.05) is 12.1 Å². The molecular formula is C33H42F4N8O3. The Balaban J connectivity index is 1.54. The summed E-state index contributed by atoms with van der Waals surface area (Å²) >= 11 is 0. The highest BCUT2D eigenvalue weighted by Gasteiger charge is 2.33. The van der Waals surface area contributed by atoms with Crippen molar-refractivity contribution in [3.8, 4) is 22.7 Å². The van der Waals surface area contributed by atoms with Gasteiger partial charge in [0, 0.05) is 41.9 Å². The second-order valence-corrected chi connectivity index (χ2v) is 11.9. The van der Waals surface area contributed by atoms with Crippen LogP contribution in [0.5, 0.6) is 5.75 Å². The number of benzene rings is 2. The average molecular weight is 675 g/mol. The monoisotopic (exact) mass is 674 g/mol. The Bertz CT molecular complexity index is 1740. The van der Waals surface area contributed by atoms with E-state index in [-0.39, 0.29) is 47.6 Å². The van der Waals surface area contributed by atoms with Gasteiger partial charge in [0.2, 0.25) is 0 Å². The first-order chi connectivity index (χ1) is 22.7. The molecule has 0 radical (unpaired) electrons. The van der Waals surface area contributed by atoms with Crippen molar-refractivity contribution in [3.05, 3.63) is 76.1 Å². The van der Waals surface area contributed by atoms with E-state index < -0.39 is 23.6 Å². The van der Waals surface area contributed by atoms with E-state index in [1.165, 1.54) is 22.9 Å². The van der Waals surface area contributed by atoms with Gasteiger partial charge in [-0.3, -0.25) is 9.98 Å². The SMILES string of the molecule is C[C@H](N)CCCc1cc(OC(F)(F)F)c(F)c(-c2cc3cn(-c4ccc([C@H](C)NCC[C@H](CCCO)NC(=N)N)cc4)c(=O)nc3[nH]2)c1. The highest BCUT2D eigenvalue weighted by Crippen LogP contribution is 2.35. The molecule has 15 heteroatoms. The minimum absolute atomic E-state index is 0.0324. The molecule has 0 saturated carbocycles. The molecule has 0 amide bonds. The van der Waals surface area contributed by atoms with Gasteiger partial charge >= 0.3 is 12.1 Å². The van der Waals surface area contributed by atoms with E-state index in [0.717, 1.165) is 11.6 Å². The maximum Gasteiger partial charge on any atom is 0.573 e. The van der Waals surface area contributed by atoms with Crippen molar-refractivity contribution in [2.24, 2.45) is 11.5 Å². The fourth-order valence-corrected chi connectivity index (χ4v) is 5.51. The minimum atomic E-state index is -5.09. The second-order valence-electron chi connectivity index (χ2n) is 11.9. The predicted octanol–water partition coefficient (Wildman–Crippen LogP) is 4.75. The molecule has 0 aliphatic rings. The molecule has 3 atom stereocenters. The smallest absolute Gasteiger partial charge is 0.403 e. The number of alkyl halides is 3. The van der Waals surface area contributed by atoms with Gasteiger partial charge in [0.05, 0.1) is 11.4 Å². The van der Waals surface area contributed by atoms with Gasteiger partial charge in [0.15, 0.2) is 17.5 Å². The highest BCUT2D eigenvalue weighted by atomic mass is 19.4. The summed E-state index contributed by atoms with van der Waals surface area (Å²) in [6.45, 7) is 4.52. The third-order valence-corrected chi connectivity index (χ3v) is 7.93. The molecule has 0 spiro atoms. The predicted molar refractivity (Wildman–Crippen MR) is 177 cm³/mol. The van der Waals surface area contributed by atoms with Gasteiger partial charge < -0.3 is 36.9 Å². The van der Waals surface area contributed by atoms with Gasteiger partial charge in [-0.25, -0.2) is 9.18 Å². The Morgan fingerprint density at radius 2 is 1.85 bits per heavy atom. The zero-order valence-corrected chi connectivity index (χ0v) is 26.8. The van der Waals surface area contributed by atoms with Crippen molar-refractivity contribution in [1.29, 1.82) is 5.41 Å². The Morgan fingerprint density at radius 1 is 1.12 bits per heavy atom. The lowest BCUT2D eigenvalue weighted by Crippen LogP contribution is -2.41. The van der Waals surface area contributed by atoms with Crippen LogP contribution in [-0.4, -0.2) is 57.2 Å². The number of aliphatic hydroxyl groups excluding tert-OH is 1. The number of hydrogen-bond acceptors (Lipinski definition) is 7. The molecule has 0 bridgehead atoms. The van der Waals surface area contributed by atoms with Gasteiger partial charge in [-0.15, -0.1) is 13.2 Å². The summed E-state index contributed by atoms with van der Waals surface area (Å²) in [5.41, 5.74) is 12.8. The van der Waals surface area contributed by atoms with E-state index in [1.807, 2.05) is 26.0 Å². The first-order valence-corrected chi connectivity index (χ1v) is 15.8. The Morgan fingerprint density at radius 3 is 2.50 bits per heavy atom. The lowest BCUT2D eigenvalue weighted by Gasteiger charge is -2.21. The standard InChI is InChI=1S/C33H42F4N8O3/c1-19(38)5-3-6-21-15-26(29(34)28(16-21)48-33(35,36)37)27-17-23-18-45(32(47)44-30(23)43-27)25-10-8-22(9-11-25)20(2)41-13-12-24(7-4-14-46)42-31(39)40/h8-11,15-20,24,41,46H,3-7,12-14,38H2,1-2H3,(H4,39,40,42)(H,43,44,47)/t19-,20-,24-/m0/s1. The van der Waals surface area contributed by atoms with Crippen LogP contribution in [0.4, 0.5) is 17.6 Å². The average Bonchev–Trinajstić information content (AvgIpc) is 3.42. The Hall–Kier alpha value is -4.47. The van der Waals surface area contributed by atoms with E-state index in [2.05, 4.69) is 25.3 Å². The Kier molecular flexibility index (Phi) is 12.2. The third kappa shape index (κ3) is 10.0. The summed E-state index contributed by atoms with van der Waals surface area (Å²) in [4.78, 5) is 20.0. The van der Waals surface area contributed by atoms with E-state index >= 15 is 4.39 Å². The molecule has 9 N–H and O–H groups in total. The molecule has 0 fully saturated rings. The van der Waals surface area contributed by atoms with Crippen molar-refractivity contribution < 1.29 is 27.4 Å². The van der Waals surface area contributed by atoms with Crippen LogP contribution in [0.25, 0.3) is 28.0 Å². The number of halogens is 4. The first kappa shape index (κ1) is 36.4. The molecule has 2 heterocycles. The number of rotatable bonds is 16. The van der Waals surface area contributed by atoms with Crippen molar-refractivity contribution >= 4 is 17.0 Å². The number of aromatic amines is 1. The normalized spacial score (nSPS) is 13.8. The maximum atomic E-state index is 15.4. The molecule has 0 saturated heterocycles. The van der Waals surface area contributed by atoms with Crippen molar-refractivity contribution in [3.63, 3.8) is 0 Å². The zero-order valence-electron chi connectivity index (χ0n) is 26.8. The van der Waals surface area contributed by atoms with Gasteiger partial charge in [0.1, 0.15) is 5.65 Å². The summed E-state index contributed by atoms with van der Waals surface area (Å²) < 4.78 is 60.1. The quantitative estimate of drug-likeness (QED) is 0.0505. The molecule has 0 aliphatic heterocycles. The first-order valence-electron chi connectivity index (χ1n) is 15.8. The highest BCUT2D eigenvalue weighted by molar-refractivity contribution is 5.83. The molecular weight excluding hydrogens is 632 g/mol. The van der Waals surface area contributed by atoms with Crippen molar-refractivity contribution in [2.75, 3.05) is 13.2 Å². The van der Waals surface area contributed by atoms with Crippen LogP contribution >= 0.6 is 0 Å². The number of aromatic nitrogens is 3. The summed E-state index contributed by atoms with van der Waals surface area (Å²) in [7, 11) is 0. The fraction of sp³-hybridized carbons (Fsp3) is 0.424. The van der Waals surface area contributed by atoms with Crippen molar-refractivity contribution in [2.45, 2.75) is 76.9 Å². The second kappa shape index (κ2) is 16.1. The fourth-order valence-electron chi connectivity index (χ4n) is 5.51. The van der Waals surface area contributed by atoms with E-state index in [1.54, 1.807) is 12.1 Å². The number of aryl methyl sites for hydroxylation is 1. The number of guanidine groups is 1. The van der Waals surface area contributed by atoms with Crippen LogP contribution in [0.15, 0.2) is 53.5 Å². The van der Waals surface area contributed by atoms with Gasteiger partial charge in [-0.2, -0.15) is 4.98 Å². The molecule has 260 valence electrons. The molecule has 48 heavy (non-hydrogen) atoms.